The molecule has 6 heteroatoms. The second-order valence-corrected chi connectivity index (χ2v) is 7.68. The number of hydrogen-bond acceptors (Lipinski definition) is 4. The molecule has 1 fully saturated rings. The summed E-state index contributed by atoms with van der Waals surface area (Å²) >= 11 is 1.71. The van der Waals surface area contributed by atoms with Crippen LogP contribution in [-0.4, -0.2) is 38.2 Å². The largest absolute Gasteiger partial charge is 0.377 e. The van der Waals surface area contributed by atoms with E-state index in [1.54, 1.807) is 11.8 Å². The van der Waals surface area contributed by atoms with Crippen LogP contribution in [0.4, 0.5) is 0 Å². The molecule has 0 saturated carbocycles. The average Bonchev–Trinajstić information content (AvgIpc) is 3.45. The molecule has 5 rings (SSSR count). The van der Waals surface area contributed by atoms with Gasteiger partial charge in [-0.3, -0.25) is 4.57 Å². The summed E-state index contributed by atoms with van der Waals surface area (Å²) in [6, 6.07) is 20.7. The molecular formula is C21H20N4OS. The van der Waals surface area contributed by atoms with Gasteiger partial charge in [0.2, 0.25) is 0 Å². The molecule has 0 spiro atoms. The fraction of sp³-hybridized carbons (Fsp3) is 0.238. The quantitative estimate of drug-likeness (QED) is 0.514. The number of nitrogens with zero attached hydrogens (tertiary/aromatic N) is 3. The van der Waals surface area contributed by atoms with E-state index in [0.29, 0.717) is 6.10 Å². The molecule has 136 valence electrons. The van der Waals surface area contributed by atoms with Crippen LogP contribution < -0.4 is 0 Å². The summed E-state index contributed by atoms with van der Waals surface area (Å²) < 4.78 is 7.90. The van der Waals surface area contributed by atoms with E-state index in [-0.39, 0.29) is 0 Å². The first-order valence-electron chi connectivity index (χ1n) is 9.22. The third kappa shape index (κ3) is 3.26. The molecule has 1 atom stereocenters. The van der Waals surface area contributed by atoms with Crippen LogP contribution in [0, 0.1) is 0 Å². The lowest BCUT2D eigenvalue weighted by atomic mass is 10.2. The molecule has 1 aliphatic heterocycles. The first-order valence-corrected chi connectivity index (χ1v) is 10.2. The van der Waals surface area contributed by atoms with Gasteiger partial charge < -0.3 is 9.72 Å². The van der Waals surface area contributed by atoms with Crippen molar-refractivity contribution in [2.75, 3.05) is 12.4 Å². The molecule has 0 unspecified atom stereocenters. The van der Waals surface area contributed by atoms with Crippen molar-refractivity contribution < 1.29 is 4.74 Å². The summed E-state index contributed by atoms with van der Waals surface area (Å²) in [5.41, 5.74) is 3.13. The predicted molar refractivity (Wildman–Crippen MR) is 108 cm³/mol. The van der Waals surface area contributed by atoms with E-state index >= 15 is 0 Å². The molecule has 2 aromatic heterocycles. The number of aromatic amines is 1. The second kappa shape index (κ2) is 7.21. The number of para-hydroxylation sites is 2. The van der Waals surface area contributed by atoms with Crippen molar-refractivity contribution in [1.82, 2.24) is 19.7 Å². The summed E-state index contributed by atoms with van der Waals surface area (Å²) in [4.78, 5) is 3.48. The summed E-state index contributed by atoms with van der Waals surface area (Å²) in [5, 5.41) is 11.1. The molecule has 1 saturated heterocycles. The number of ether oxygens (including phenoxy) is 1. The molecule has 27 heavy (non-hydrogen) atoms. The molecule has 5 nitrogen and oxygen atoms in total. The van der Waals surface area contributed by atoms with E-state index in [2.05, 4.69) is 50.1 Å². The van der Waals surface area contributed by atoms with Crippen LogP contribution in [0.15, 0.2) is 65.8 Å². The summed E-state index contributed by atoms with van der Waals surface area (Å²) in [5.74, 6) is 1.73. The SMILES string of the molecule is c1ccc(-n2c(SC[C@H]3CCCO3)nnc2-c2cc3ccccc3[nH]2)cc1. The van der Waals surface area contributed by atoms with E-state index in [0.717, 1.165) is 53.1 Å². The van der Waals surface area contributed by atoms with Gasteiger partial charge in [0.25, 0.3) is 0 Å². The molecule has 0 amide bonds. The fourth-order valence-corrected chi connectivity index (χ4v) is 4.50. The highest BCUT2D eigenvalue weighted by Gasteiger charge is 2.21. The number of nitrogens with one attached hydrogen (secondary N) is 1. The minimum absolute atomic E-state index is 0.312. The van der Waals surface area contributed by atoms with Crippen molar-refractivity contribution in [1.29, 1.82) is 0 Å². The van der Waals surface area contributed by atoms with Crippen LogP contribution >= 0.6 is 11.8 Å². The van der Waals surface area contributed by atoms with Crippen LogP contribution in [0.3, 0.4) is 0 Å². The minimum Gasteiger partial charge on any atom is -0.377 e. The van der Waals surface area contributed by atoms with Gasteiger partial charge in [-0.05, 0) is 37.1 Å². The number of hydrogen-bond donors (Lipinski definition) is 1. The van der Waals surface area contributed by atoms with Crippen LogP contribution in [0.1, 0.15) is 12.8 Å². The van der Waals surface area contributed by atoms with E-state index in [1.165, 1.54) is 5.39 Å². The predicted octanol–water partition coefficient (Wildman–Crippen LogP) is 4.69. The standard InChI is InChI=1S/C21H20N4OS/c1-2-8-16(9-3-1)25-20(19-13-15-7-4-5-11-18(15)22-19)23-24-21(25)27-14-17-10-6-12-26-17/h1-5,7-9,11,13,17,22H,6,10,12,14H2/t17-/m1/s1. The Kier molecular flexibility index (Phi) is 4.43. The van der Waals surface area contributed by atoms with E-state index in [9.17, 15) is 0 Å². The molecule has 1 N–H and O–H groups in total. The Balaban J connectivity index is 1.56. The van der Waals surface area contributed by atoms with Gasteiger partial charge in [0, 0.05) is 29.0 Å². The lowest BCUT2D eigenvalue weighted by Gasteiger charge is -2.11. The number of aromatic nitrogens is 4. The molecule has 4 aromatic rings. The third-order valence-electron chi connectivity index (χ3n) is 4.84. The Morgan fingerprint density at radius 1 is 1.07 bits per heavy atom. The topological polar surface area (TPSA) is 55.7 Å². The lowest BCUT2D eigenvalue weighted by molar-refractivity contribution is 0.129. The fourth-order valence-electron chi connectivity index (χ4n) is 3.48. The Morgan fingerprint density at radius 2 is 1.93 bits per heavy atom. The van der Waals surface area contributed by atoms with Gasteiger partial charge in [0.15, 0.2) is 11.0 Å². The summed E-state index contributed by atoms with van der Waals surface area (Å²) in [7, 11) is 0. The molecular weight excluding hydrogens is 356 g/mol. The lowest BCUT2D eigenvalue weighted by Crippen LogP contribution is -2.09. The maximum absolute atomic E-state index is 5.77. The third-order valence-corrected chi connectivity index (χ3v) is 5.90. The van der Waals surface area contributed by atoms with Crippen LogP contribution in [-0.2, 0) is 4.74 Å². The number of H-pyrrole nitrogens is 1. The van der Waals surface area contributed by atoms with Gasteiger partial charge in [-0.15, -0.1) is 10.2 Å². The van der Waals surface area contributed by atoms with Gasteiger partial charge in [-0.2, -0.15) is 0 Å². The number of thioether (sulfide) groups is 1. The molecule has 2 aromatic carbocycles. The maximum atomic E-state index is 5.77. The molecule has 0 bridgehead atoms. The highest BCUT2D eigenvalue weighted by molar-refractivity contribution is 7.99. The van der Waals surface area contributed by atoms with Gasteiger partial charge in [-0.25, -0.2) is 0 Å². The van der Waals surface area contributed by atoms with E-state index < -0.39 is 0 Å². The maximum Gasteiger partial charge on any atom is 0.196 e. The van der Waals surface area contributed by atoms with Gasteiger partial charge in [-0.1, -0.05) is 48.2 Å². The van der Waals surface area contributed by atoms with Crippen LogP contribution in [0.5, 0.6) is 0 Å². The van der Waals surface area contributed by atoms with Crippen molar-refractivity contribution in [3.05, 3.63) is 60.7 Å². The van der Waals surface area contributed by atoms with Crippen molar-refractivity contribution in [3.8, 4) is 17.2 Å². The van der Waals surface area contributed by atoms with Crippen LogP contribution in [0.25, 0.3) is 28.1 Å². The number of rotatable bonds is 5. The first kappa shape index (κ1) is 16.6. The summed E-state index contributed by atoms with van der Waals surface area (Å²) in [6.45, 7) is 0.872. The molecule has 1 aliphatic rings. The van der Waals surface area contributed by atoms with Gasteiger partial charge in [0.1, 0.15) is 0 Å². The van der Waals surface area contributed by atoms with Crippen LogP contribution in [0.2, 0.25) is 0 Å². The normalized spacial score (nSPS) is 17.0. The van der Waals surface area contributed by atoms with Gasteiger partial charge in [0.05, 0.1) is 11.8 Å². The minimum atomic E-state index is 0.312. The Hall–Kier alpha value is -2.57. The molecule has 3 heterocycles. The first-order chi connectivity index (χ1) is 13.4. The molecule has 0 radical (unpaired) electrons. The second-order valence-electron chi connectivity index (χ2n) is 6.69. The zero-order valence-corrected chi connectivity index (χ0v) is 15.7. The average molecular weight is 376 g/mol. The Morgan fingerprint density at radius 3 is 2.74 bits per heavy atom. The van der Waals surface area contributed by atoms with Crippen molar-refractivity contribution in [2.24, 2.45) is 0 Å². The smallest absolute Gasteiger partial charge is 0.196 e. The number of fused-ring (bicyclic) bond motifs is 1. The zero-order valence-electron chi connectivity index (χ0n) is 14.8. The highest BCUT2D eigenvalue weighted by atomic mass is 32.2. The zero-order chi connectivity index (χ0) is 18.1. The summed E-state index contributed by atoms with van der Waals surface area (Å²) in [6.07, 6.45) is 2.59. The van der Waals surface area contributed by atoms with Crippen molar-refractivity contribution in [3.63, 3.8) is 0 Å². The Labute approximate surface area is 161 Å². The highest BCUT2D eigenvalue weighted by Crippen LogP contribution is 2.30. The van der Waals surface area contributed by atoms with E-state index in [1.807, 2.05) is 30.3 Å². The van der Waals surface area contributed by atoms with E-state index in [4.69, 9.17) is 4.74 Å². The molecule has 0 aliphatic carbocycles. The monoisotopic (exact) mass is 376 g/mol. The van der Waals surface area contributed by atoms with Crippen molar-refractivity contribution >= 4 is 22.7 Å². The Bertz CT molecular complexity index is 1020. The number of benzene rings is 2. The van der Waals surface area contributed by atoms with Gasteiger partial charge >= 0.3 is 0 Å². The van der Waals surface area contributed by atoms with Crippen molar-refractivity contribution in [2.45, 2.75) is 24.1 Å².